The topological polar surface area (TPSA) is 55.6 Å². The van der Waals surface area contributed by atoms with Crippen molar-refractivity contribution in [2.75, 3.05) is 14.2 Å². The zero-order valence-electron chi connectivity index (χ0n) is 15.4. The van der Waals surface area contributed by atoms with Gasteiger partial charge in [-0.25, -0.2) is 4.98 Å². The Kier molecular flexibility index (Phi) is 4.58. The lowest BCUT2D eigenvalue weighted by atomic mass is 10.1. The molecule has 5 nitrogen and oxygen atoms in total. The number of fused-ring (bicyclic) bond motifs is 2. The summed E-state index contributed by atoms with van der Waals surface area (Å²) in [5, 5.41) is 1.87. The smallest absolute Gasteiger partial charge is 0.227 e. The third kappa shape index (κ3) is 3.28. The molecule has 0 aliphatic rings. The van der Waals surface area contributed by atoms with Crippen LogP contribution in [0.25, 0.3) is 21.2 Å². The van der Waals surface area contributed by atoms with Crippen LogP contribution in [0.15, 0.2) is 53.1 Å². The molecule has 0 radical (unpaired) electrons. The van der Waals surface area contributed by atoms with E-state index < -0.39 is 0 Å². The molecule has 0 N–H and O–H groups in total. The van der Waals surface area contributed by atoms with Gasteiger partial charge >= 0.3 is 0 Å². The molecule has 0 saturated heterocycles. The third-order valence-corrected chi connectivity index (χ3v) is 6.05. The van der Waals surface area contributed by atoms with Gasteiger partial charge in [-0.15, -0.1) is 11.3 Å². The number of methoxy groups -OCH3 is 1. The fourth-order valence-electron chi connectivity index (χ4n) is 3.07. The number of carbonyl (C=O) groups excluding carboxylic acids is 1. The van der Waals surface area contributed by atoms with Crippen LogP contribution >= 0.6 is 11.3 Å². The largest absolute Gasteiger partial charge is 0.497 e. The molecule has 1 amide bonds. The minimum absolute atomic E-state index is 0.0280. The van der Waals surface area contributed by atoms with Crippen molar-refractivity contribution in [1.82, 2.24) is 9.88 Å². The first-order valence-electron chi connectivity index (χ1n) is 8.72. The predicted molar refractivity (Wildman–Crippen MR) is 107 cm³/mol. The number of rotatable bonds is 5. The number of benzene rings is 2. The average molecular weight is 380 g/mol. The monoisotopic (exact) mass is 380 g/mol. The van der Waals surface area contributed by atoms with Crippen LogP contribution in [0, 0.1) is 0 Å². The fraction of sp³-hybridized carbons (Fsp3) is 0.238. The number of furan rings is 1. The van der Waals surface area contributed by atoms with E-state index in [-0.39, 0.29) is 18.4 Å². The maximum Gasteiger partial charge on any atom is 0.227 e. The number of hydrogen-bond acceptors (Lipinski definition) is 5. The lowest BCUT2D eigenvalue weighted by Gasteiger charge is -2.23. The van der Waals surface area contributed by atoms with E-state index in [9.17, 15) is 4.79 Å². The second-order valence-corrected chi connectivity index (χ2v) is 7.56. The molecule has 0 spiro atoms. The van der Waals surface area contributed by atoms with Gasteiger partial charge in [-0.3, -0.25) is 4.79 Å². The quantitative estimate of drug-likeness (QED) is 0.498. The summed E-state index contributed by atoms with van der Waals surface area (Å²) in [6.45, 7) is 2.01. The van der Waals surface area contributed by atoms with Crippen LogP contribution < -0.4 is 4.74 Å². The second kappa shape index (κ2) is 7.04. The molecule has 1 atom stereocenters. The van der Waals surface area contributed by atoms with Crippen LogP contribution in [-0.4, -0.2) is 29.9 Å². The van der Waals surface area contributed by atoms with Crippen LogP contribution in [0.1, 0.15) is 23.5 Å². The van der Waals surface area contributed by atoms with Crippen molar-refractivity contribution in [3.05, 3.63) is 59.3 Å². The van der Waals surface area contributed by atoms with E-state index >= 15 is 0 Å². The molecule has 4 aromatic rings. The number of nitrogens with zero attached hydrogens (tertiary/aromatic N) is 2. The normalized spacial score (nSPS) is 12.4. The van der Waals surface area contributed by atoms with E-state index in [1.165, 1.54) is 0 Å². The summed E-state index contributed by atoms with van der Waals surface area (Å²) < 4.78 is 11.9. The van der Waals surface area contributed by atoms with Gasteiger partial charge in [-0.1, -0.05) is 12.1 Å². The van der Waals surface area contributed by atoms with Crippen LogP contribution in [0.2, 0.25) is 0 Å². The third-order valence-electron chi connectivity index (χ3n) is 4.85. The SMILES string of the molecule is COc1ccc2c(CC(=O)N(C)C(C)c3nc4ccccc4s3)coc2c1. The highest BCUT2D eigenvalue weighted by atomic mass is 32.1. The maximum atomic E-state index is 12.8. The molecular weight excluding hydrogens is 360 g/mol. The van der Waals surface area contributed by atoms with E-state index in [0.717, 1.165) is 37.5 Å². The van der Waals surface area contributed by atoms with Gasteiger partial charge in [0.2, 0.25) is 5.91 Å². The standard InChI is InChI=1S/C21H20N2O3S/c1-13(21-22-17-6-4-5-7-19(17)27-21)23(2)20(24)10-14-12-26-18-11-15(25-3)8-9-16(14)18/h4-9,11-13H,10H2,1-3H3. The number of aromatic nitrogens is 1. The molecule has 2 heterocycles. The molecule has 6 heteroatoms. The molecular formula is C21H20N2O3S. The van der Waals surface area contributed by atoms with Crippen LogP contribution in [0.5, 0.6) is 5.75 Å². The van der Waals surface area contributed by atoms with Crippen molar-refractivity contribution < 1.29 is 13.9 Å². The van der Waals surface area contributed by atoms with Crippen LogP contribution in [-0.2, 0) is 11.2 Å². The molecule has 0 aliphatic carbocycles. The number of carbonyl (C=O) groups is 1. The van der Waals surface area contributed by atoms with Gasteiger partial charge in [-0.2, -0.15) is 0 Å². The first-order valence-corrected chi connectivity index (χ1v) is 9.53. The number of hydrogen-bond donors (Lipinski definition) is 0. The molecule has 0 fully saturated rings. The summed E-state index contributed by atoms with van der Waals surface area (Å²) >= 11 is 1.63. The minimum Gasteiger partial charge on any atom is -0.497 e. The van der Waals surface area contributed by atoms with E-state index in [2.05, 4.69) is 11.1 Å². The molecule has 27 heavy (non-hydrogen) atoms. The van der Waals surface area contributed by atoms with Crippen molar-refractivity contribution in [1.29, 1.82) is 0 Å². The van der Waals surface area contributed by atoms with Crippen molar-refractivity contribution in [3.63, 3.8) is 0 Å². The number of amides is 1. The van der Waals surface area contributed by atoms with Gasteiger partial charge in [-0.05, 0) is 31.2 Å². The van der Waals surface area contributed by atoms with Crippen molar-refractivity contribution >= 4 is 38.4 Å². The minimum atomic E-state index is -0.0897. The Balaban J connectivity index is 1.53. The molecule has 0 aliphatic heterocycles. The van der Waals surface area contributed by atoms with Gasteiger partial charge in [0, 0.05) is 24.1 Å². The van der Waals surface area contributed by atoms with Gasteiger partial charge < -0.3 is 14.1 Å². The van der Waals surface area contributed by atoms with Crippen LogP contribution in [0.3, 0.4) is 0 Å². The summed E-state index contributed by atoms with van der Waals surface area (Å²) in [5.74, 6) is 0.761. The Bertz CT molecular complexity index is 1080. The fourth-order valence-corrected chi connectivity index (χ4v) is 4.13. The van der Waals surface area contributed by atoms with Gasteiger partial charge in [0.25, 0.3) is 0 Å². The summed E-state index contributed by atoms with van der Waals surface area (Å²) in [4.78, 5) is 19.3. The summed E-state index contributed by atoms with van der Waals surface area (Å²) in [7, 11) is 3.44. The van der Waals surface area contributed by atoms with Gasteiger partial charge in [0.05, 0.1) is 36.1 Å². The summed E-state index contributed by atoms with van der Waals surface area (Å²) in [6, 6.07) is 13.6. The maximum absolute atomic E-state index is 12.8. The molecule has 138 valence electrons. The van der Waals surface area contributed by atoms with Gasteiger partial charge in [0.15, 0.2) is 0 Å². The van der Waals surface area contributed by atoms with Gasteiger partial charge in [0.1, 0.15) is 16.3 Å². The first kappa shape index (κ1) is 17.5. The van der Waals surface area contributed by atoms with Crippen molar-refractivity contribution in [3.8, 4) is 5.75 Å². The van der Waals surface area contributed by atoms with E-state index in [1.54, 1.807) is 29.6 Å². The molecule has 0 bridgehead atoms. The Morgan fingerprint density at radius 3 is 2.89 bits per heavy atom. The first-order chi connectivity index (χ1) is 13.1. The Morgan fingerprint density at radius 1 is 1.30 bits per heavy atom. The molecule has 2 aromatic heterocycles. The average Bonchev–Trinajstić information content (AvgIpc) is 3.30. The zero-order valence-corrected chi connectivity index (χ0v) is 16.2. The number of thiazole rings is 1. The lowest BCUT2D eigenvalue weighted by Crippen LogP contribution is -2.30. The van der Waals surface area contributed by atoms with Crippen molar-refractivity contribution in [2.45, 2.75) is 19.4 Å². The Morgan fingerprint density at radius 2 is 2.11 bits per heavy atom. The molecule has 0 saturated carbocycles. The summed E-state index contributed by atoms with van der Waals surface area (Å²) in [5.41, 5.74) is 2.57. The highest BCUT2D eigenvalue weighted by Crippen LogP contribution is 2.30. The van der Waals surface area contributed by atoms with Crippen LogP contribution in [0.4, 0.5) is 0 Å². The highest BCUT2D eigenvalue weighted by Gasteiger charge is 2.22. The molecule has 2 aromatic carbocycles. The van der Waals surface area contributed by atoms with Crippen molar-refractivity contribution in [2.24, 2.45) is 0 Å². The lowest BCUT2D eigenvalue weighted by molar-refractivity contribution is -0.131. The van der Waals surface area contributed by atoms with E-state index in [4.69, 9.17) is 9.15 Å². The zero-order chi connectivity index (χ0) is 19.0. The number of ether oxygens (including phenoxy) is 1. The highest BCUT2D eigenvalue weighted by molar-refractivity contribution is 7.18. The second-order valence-electron chi connectivity index (χ2n) is 6.50. The Hall–Kier alpha value is -2.86. The van der Waals surface area contributed by atoms with E-state index in [1.807, 2.05) is 50.4 Å². The summed E-state index contributed by atoms with van der Waals surface area (Å²) in [6.07, 6.45) is 1.93. The molecule has 4 rings (SSSR count). The molecule has 1 unspecified atom stereocenters. The number of likely N-dealkylation sites (N-methyl/N-ethyl adjacent to an activating group) is 1. The van der Waals surface area contributed by atoms with E-state index in [0.29, 0.717) is 0 Å². The Labute approximate surface area is 161 Å². The predicted octanol–water partition coefficient (Wildman–Crippen LogP) is 4.81. The number of para-hydroxylation sites is 1.